The number of nitrogens with zero attached hydrogens (tertiary/aromatic N) is 3. The third-order valence-electron chi connectivity index (χ3n) is 5.43. The largest absolute Gasteiger partial charge is 0.479 e. The molecule has 4 rings (SSSR count). The number of para-hydroxylation sites is 2. The highest BCUT2D eigenvalue weighted by atomic mass is 35.5. The number of hydrogen-bond acceptors (Lipinski definition) is 4. The first kappa shape index (κ1) is 19.6. The molecule has 1 fully saturated rings. The molecule has 2 aromatic carbocycles. The van der Waals surface area contributed by atoms with Gasteiger partial charge in [-0.05, 0) is 37.3 Å². The number of carbonyl (C=O) groups excluding carboxylic acids is 2. The lowest BCUT2D eigenvalue weighted by atomic mass is 10.1. The molecule has 1 atom stereocenters. The zero-order chi connectivity index (χ0) is 20.4. The molecule has 0 aliphatic carbocycles. The standard InChI is InChI=1S/C22H24ClN3O3/c1-16-22(28)26(19-7-2-3-8-20(19)29-16)10-9-21(27)25-13-11-24(12-14-25)18-6-4-5-17(23)15-18/h2-8,15-16H,9-14H2,1H3. The molecule has 152 valence electrons. The van der Waals surface area contributed by atoms with Crippen LogP contribution in [0.15, 0.2) is 48.5 Å². The van der Waals surface area contributed by atoms with E-state index < -0.39 is 6.10 Å². The van der Waals surface area contributed by atoms with Gasteiger partial charge in [0.05, 0.1) is 5.69 Å². The molecule has 0 spiro atoms. The van der Waals surface area contributed by atoms with Gasteiger partial charge in [0.25, 0.3) is 5.91 Å². The molecule has 0 aromatic heterocycles. The Hall–Kier alpha value is -2.73. The number of halogens is 1. The van der Waals surface area contributed by atoms with Gasteiger partial charge in [0, 0.05) is 49.9 Å². The minimum Gasteiger partial charge on any atom is -0.479 e. The van der Waals surface area contributed by atoms with Crippen LogP contribution in [0.4, 0.5) is 11.4 Å². The summed E-state index contributed by atoms with van der Waals surface area (Å²) in [5.41, 5.74) is 1.81. The lowest BCUT2D eigenvalue weighted by molar-refractivity contribution is -0.131. The third kappa shape index (κ3) is 4.17. The molecule has 0 saturated carbocycles. The van der Waals surface area contributed by atoms with Gasteiger partial charge in [-0.3, -0.25) is 9.59 Å². The Morgan fingerprint density at radius 3 is 2.62 bits per heavy atom. The predicted octanol–water partition coefficient (Wildman–Crippen LogP) is 3.19. The second kappa shape index (κ2) is 8.33. The number of benzene rings is 2. The van der Waals surface area contributed by atoms with Gasteiger partial charge < -0.3 is 19.4 Å². The van der Waals surface area contributed by atoms with Gasteiger partial charge in [0.2, 0.25) is 5.91 Å². The van der Waals surface area contributed by atoms with Crippen molar-refractivity contribution in [1.29, 1.82) is 0 Å². The summed E-state index contributed by atoms with van der Waals surface area (Å²) in [6, 6.07) is 15.2. The summed E-state index contributed by atoms with van der Waals surface area (Å²) in [5.74, 6) is 0.643. The fraction of sp³-hybridized carbons (Fsp3) is 0.364. The molecule has 2 heterocycles. The molecule has 2 aliphatic rings. The molecule has 0 radical (unpaired) electrons. The molecule has 7 heteroatoms. The molecule has 2 aromatic rings. The van der Waals surface area contributed by atoms with Crippen molar-refractivity contribution in [2.75, 3.05) is 42.5 Å². The van der Waals surface area contributed by atoms with Crippen molar-refractivity contribution >= 4 is 34.8 Å². The number of ether oxygens (including phenoxy) is 1. The average molecular weight is 414 g/mol. The zero-order valence-electron chi connectivity index (χ0n) is 16.4. The number of piperazine rings is 1. The van der Waals surface area contributed by atoms with E-state index in [0.29, 0.717) is 36.8 Å². The Balaban J connectivity index is 1.34. The number of rotatable bonds is 4. The molecule has 29 heavy (non-hydrogen) atoms. The number of anilines is 2. The lowest BCUT2D eigenvalue weighted by Crippen LogP contribution is -2.50. The highest BCUT2D eigenvalue weighted by Gasteiger charge is 2.32. The monoisotopic (exact) mass is 413 g/mol. The normalized spacial score (nSPS) is 19.0. The van der Waals surface area contributed by atoms with Crippen LogP contribution in [0.1, 0.15) is 13.3 Å². The van der Waals surface area contributed by atoms with E-state index in [1.807, 2.05) is 53.4 Å². The molecule has 2 amide bonds. The second-order valence-electron chi connectivity index (χ2n) is 7.32. The Morgan fingerprint density at radius 1 is 1.10 bits per heavy atom. The van der Waals surface area contributed by atoms with Crippen molar-refractivity contribution in [1.82, 2.24) is 4.90 Å². The molecule has 0 bridgehead atoms. The highest BCUT2D eigenvalue weighted by Crippen LogP contribution is 2.33. The number of amides is 2. The van der Waals surface area contributed by atoms with Crippen LogP contribution in [0.5, 0.6) is 5.75 Å². The van der Waals surface area contributed by atoms with E-state index in [1.54, 1.807) is 11.8 Å². The number of carbonyl (C=O) groups is 2. The topological polar surface area (TPSA) is 53.1 Å². The van der Waals surface area contributed by atoms with Gasteiger partial charge in [-0.1, -0.05) is 29.8 Å². The van der Waals surface area contributed by atoms with Crippen LogP contribution in [0.25, 0.3) is 0 Å². The van der Waals surface area contributed by atoms with Crippen LogP contribution in [0.2, 0.25) is 5.02 Å². The smallest absolute Gasteiger partial charge is 0.267 e. The van der Waals surface area contributed by atoms with E-state index >= 15 is 0 Å². The van der Waals surface area contributed by atoms with Gasteiger partial charge >= 0.3 is 0 Å². The Labute approximate surface area is 175 Å². The van der Waals surface area contributed by atoms with E-state index in [-0.39, 0.29) is 11.8 Å². The predicted molar refractivity (Wildman–Crippen MR) is 114 cm³/mol. The van der Waals surface area contributed by atoms with E-state index in [0.717, 1.165) is 24.5 Å². The molecular weight excluding hydrogens is 390 g/mol. The van der Waals surface area contributed by atoms with Gasteiger partial charge in [0.1, 0.15) is 5.75 Å². The van der Waals surface area contributed by atoms with Crippen molar-refractivity contribution in [2.45, 2.75) is 19.4 Å². The van der Waals surface area contributed by atoms with Gasteiger partial charge in [-0.25, -0.2) is 0 Å². The van der Waals surface area contributed by atoms with Gasteiger partial charge in [0.15, 0.2) is 6.10 Å². The lowest BCUT2D eigenvalue weighted by Gasteiger charge is -2.37. The minimum atomic E-state index is -0.541. The van der Waals surface area contributed by atoms with Crippen LogP contribution in [-0.2, 0) is 9.59 Å². The first-order valence-corrected chi connectivity index (χ1v) is 10.3. The summed E-state index contributed by atoms with van der Waals surface area (Å²) < 4.78 is 5.66. The molecule has 0 N–H and O–H groups in total. The first-order valence-electron chi connectivity index (χ1n) is 9.88. The zero-order valence-corrected chi connectivity index (χ0v) is 17.1. The van der Waals surface area contributed by atoms with Crippen molar-refractivity contribution in [3.63, 3.8) is 0 Å². The second-order valence-corrected chi connectivity index (χ2v) is 7.75. The maximum Gasteiger partial charge on any atom is 0.267 e. The highest BCUT2D eigenvalue weighted by molar-refractivity contribution is 6.30. The van der Waals surface area contributed by atoms with Gasteiger partial charge in [-0.15, -0.1) is 0 Å². The molecule has 2 aliphatic heterocycles. The molecule has 6 nitrogen and oxygen atoms in total. The maximum absolute atomic E-state index is 12.8. The average Bonchev–Trinajstić information content (AvgIpc) is 2.74. The van der Waals surface area contributed by atoms with Gasteiger partial charge in [-0.2, -0.15) is 0 Å². The van der Waals surface area contributed by atoms with Crippen LogP contribution in [0, 0.1) is 0 Å². The van der Waals surface area contributed by atoms with E-state index in [2.05, 4.69) is 4.90 Å². The Bertz CT molecular complexity index is 912. The third-order valence-corrected chi connectivity index (χ3v) is 5.66. The van der Waals surface area contributed by atoms with Crippen molar-refractivity contribution in [2.24, 2.45) is 0 Å². The van der Waals surface area contributed by atoms with Crippen molar-refractivity contribution in [3.8, 4) is 5.75 Å². The van der Waals surface area contributed by atoms with Crippen LogP contribution in [-0.4, -0.2) is 55.5 Å². The summed E-state index contributed by atoms with van der Waals surface area (Å²) in [6.45, 7) is 4.95. The summed E-state index contributed by atoms with van der Waals surface area (Å²) in [5, 5.41) is 0.714. The first-order chi connectivity index (χ1) is 14.0. The molecule has 1 saturated heterocycles. The Morgan fingerprint density at radius 2 is 1.86 bits per heavy atom. The van der Waals surface area contributed by atoms with E-state index in [9.17, 15) is 9.59 Å². The fourth-order valence-corrected chi connectivity index (χ4v) is 4.03. The maximum atomic E-state index is 12.8. The number of fused-ring (bicyclic) bond motifs is 1. The summed E-state index contributed by atoms with van der Waals surface area (Å²) in [4.78, 5) is 31.1. The van der Waals surface area contributed by atoms with Crippen molar-refractivity contribution < 1.29 is 14.3 Å². The summed E-state index contributed by atoms with van der Waals surface area (Å²) in [6.07, 6.45) is -0.245. The van der Waals surface area contributed by atoms with Crippen molar-refractivity contribution in [3.05, 3.63) is 53.6 Å². The fourth-order valence-electron chi connectivity index (χ4n) is 3.84. The molecule has 1 unspecified atom stereocenters. The molecular formula is C22H24ClN3O3. The van der Waals surface area contributed by atoms with E-state index in [1.165, 1.54) is 0 Å². The Kier molecular flexibility index (Phi) is 5.62. The van der Waals surface area contributed by atoms with Crippen LogP contribution < -0.4 is 14.5 Å². The van der Waals surface area contributed by atoms with Crippen LogP contribution >= 0.6 is 11.6 Å². The number of hydrogen-bond donors (Lipinski definition) is 0. The quantitative estimate of drug-likeness (QED) is 0.772. The van der Waals surface area contributed by atoms with Crippen LogP contribution in [0.3, 0.4) is 0 Å². The summed E-state index contributed by atoms with van der Waals surface area (Å²) >= 11 is 6.08. The minimum absolute atomic E-state index is 0.0696. The SMILES string of the molecule is CC1Oc2ccccc2N(CCC(=O)N2CCN(c3cccc(Cl)c3)CC2)C1=O. The van der Waals surface area contributed by atoms with E-state index in [4.69, 9.17) is 16.3 Å². The summed E-state index contributed by atoms with van der Waals surface area (Å²) in [7, 11) is 0.